The fourth-order valence-electron chi connectivity index (χ4n) is 2.99. The first-order chi connectivity index (χ1) is 10.8. The molecule has 0 radical (unpaired) electrons. The zero-order valence-electron chi connectivity index (χ0n) is 14.1. The van der Waals surface area contributed by atoms with Gasteiger partial charge in [-0.3, -0.25) is 0 Å². The number of pyridine rings is 1. The molecule has 3 rings (SSSR count). The molecule has 1 saturated carbocycles. The summed E-state index contributed by atoms with van der Waals surface area (Å²) in [5.41, 5.74) is 9.80. The van der Waals surface area contributed by atoms with E-state index in [1.807, 2.05) is 32.1 Å². The Labute approximate surface area is 140 Å². The van der Waals surface area contributed by atoms with Gasteiger partial charge in [0.05, 0.1) is 10.6 Å². The molecule has 1 atom stereocenters. The molecule has 1 fully saturated rings. The molecule has 6 heteroatoms. The number of hydrogen-bond donors (Lipinski definition) is 1. The van der Waals surface area contributed by atoms with E-state index in [0.717, 1.165) is 33.3 Å². The van der Waals surface area contributed by atoms with E-state index in [9.17, 15) is 5.26 Å². The molecule has 0 spiro atoms. The molecular formula is C17H21N5S. The number of nitriles is 1. The quantitative estimate of drug-likeness (QED) is 0.932. The van der Waals surface area contributed by atoms with Gasteiger partial charge in [0.2, 0.25) is 0 Å². The summed E-state index contributed by atoms with van der Waals surface area (Å²) in [6.45, 7) is 6.52. The molecule has 0 aliphatic heterocycles. The third kappa shape index (κ3) is 2.55. The van der Waals surface area contributed by atoms with Crippen LogP contribution in [0.2, 0.25) is 0 Å². The SMILES string of the molecule is Cc1c([C@@H]2CC2(C)C)nc(N)c(C#N)c1-c1cnc(N(C)C)s1. The Kier molecular flexibility index (Phi) is 3.56. The van der Waals surface area contributed by atoms with E-state index in [-0.39, 0.29) is 5.41 Å². The number of nitrogens with two attached hydrogens (primary N) is 1. The Morgan fingerprint density at radius 2 is 2.09 bits per heavy atom. The van der Waals surface area contributed by atoms with Gasteiger partial charge in [0.1, 0.15) is 17.5 Å². The van der Waals surface area contributed by atoms with E-state index >= 15 is 0 Å². The van der Waals surface area contributed by atoms with Gasteiger partial charge in [-0.2, -0.15) is 5.26 Å². The third-order valence-corrected chi connectivity index (χ3v) is 5.77. The Hall–Kier alpha value is -2.13. The Morgan fingerprint density at radius 3 is 2.57 bits per heavy atom. The van der Waals surface area contributed by atoms with E-state index in [1.54, 1.807) is 11.3 Å². The van der Waals surface area contributed by atoms with Crippen LogP contribution in [-0.4, -0.2) is 24.1 Å². The number of hydrogen-bond acceptors (Lipinski definition) is 6. The van der Waals surface area contributed by atoms with Crippen LogP contribution in [0.1, 0.15) is 43.0 Å². The second-order valence-electron chi connectivity index (χ2n) is 7.02. The fourth-order valence-corrected chi connectivity index (χ4v) is 3.94. The summed E-state index contributed by atoms with van der Waals surface area (Å²) in [6.07, 6.45) is 2.93. The molecule has 0 amide bonds. The number of thiazole rings is 1. The van der Waals surface area contributed by atoms with Crippen LogP contribution >= 0.6 is 11.3 Å². The number of nitrogens with zero attached hydrogens (tertiary/aromatic N) is 4. The van der Waals surface area contributed by atoms with Gasteiger partial charge in [0.25, 0.3) is 0 Å². The lowest BCUT2D eigenvalue weighted by Gasteiger charge is -2.14. The minimum atomic E-state index is 0.262. The largest absolute Gasteiger partial charge is 0.383 e. The van der Waals surface area contributed by atoms with Crippen molar-refractivity contribution in [3.63, 3.8) is 0 Å². The van der Waals surface area contributed by atoms with Crippen molar-refractivity contribution < 1.29 is 0 Å². The van der Waals surface area contributed by atoms with Gasteiger partial charge < -0.3 is 10.6 Å². The lowest BCUT2D eigenvalue weighted by atomic mass is 9.96. The Balaban J connectivity index is 2.19. The summed E-state index contributed by atoms with van der Waals surface area (Å²) < 4.78 is 0. The molecule has 2 N–H and O–H groups in total. The van der Waals surface area contributed by atoms with E-state index in [4.69, 9.17) is 5.73 Å². The molecule has 23 heavy (non-hydrogen) atoms. The second-order valence-corrected chi connectivity index (χ2v) is 8.02. The smallest absolute Gasteiger partial charge is 0.185 e. The molecule has 120 valence electrons. The van der Waals surface area contributed by atoms with Crippen molar-refractivity contribution in [2.24, 2.45) is 5.41 Å². The molecule has 1 aliphatic rings. The highest BCUT2D eigenvalue weighted by Crippen LogP contribution is 2.59. The maximum Gasteiger partial charge on any atom is 0.185 e. The summed E-state index contributed by atoms with van der Waals surface area (Å²) in [5, 5.41) is 10.5. The second kappa shape index (κ2) is 5.20. The zero-order chi connectivity index (χ0) is 16.9. The number of nitrogen functional groups attached to an aromatic ring is 1. The topological polar surface area (TPSA) is 78.8 Å². The van der Waals surface area contributed by atoms with Gasteiger partial charge in [-0.1, -0.05) is 25.2 Å². The monoisotopic (exact) mass is 327 g/mol. The third-order valence-electron chi connectivity index (χ3n) is 4.58. The van der Waals surface area contributed by atoms with Crippen LogP contribution < -0.4 is 10.6 Å². The van der Waals surface area contributed by atoms with Crippen LogP contribution in [0, 0.1) is 23.7 Å². The average molecular weight is 327 g/mol. The molecule has 2 aromatic heterocycles. The Bertz CT molecular complexity index is 813. The lowest BCUT2D eigenvalue weighted by molar-refractivity contribution is 0.615. The van der Waals surface area contributed by atoms with Crippen LogP contribution in [0.3, 0.4) is 0 Å². The van der Waals surface area contributed by atoms with E-state index in [2.05, 4.69) is 29.9 Å². The highest BCUT2D eigenvalue weighted by Gasteiger charge is 2.48. The van der Waals surface area contributed by atoms with Gasteiger partial charge in [0.15, 0.2) is 5.13 Å². The van der Waals surface area contributed by atoms with Crippen molar-refractivity contribution in [3.05, 3.63) is 23.0 Å². The van der Waals surface area contributed by atoms with Crippen molar-refractivity contribution in [1.82, 2.24) is 9.97 Å². The predicted molar refractivity (Wildman–Crippen MR) is 94.7 cm³/mol. The standard InChI is InChI=1S/C17H21N5S/c1-9-13(12-8-20-16(23-12)22(4)5)10(7-18)15(19)21-14(9)11-6-17(11,2)3/h8,11H,6H2,1-5H3,(H2,19,21)/t11-/m0/s1. The van der Waals surface area contributed by atoms with Gasteiger partial charge in [-0.15, -0.1) is 0 Å². The number of anilines is 2. The molecule has 0 saturated heterocycles. The molecule has 5 nitrogen and oxygen atoms in total. The van der Waals surface area contributed by atoms with Crippen molar-refractivity contribution in [2.45, 2.75) is 33.1 Å². The van der Waals surface area contributed by atoms with Crippen LogP contribution in [-0.2, 0) is 0 Å². The summed E-state index contributed by atoms with van der Waals surface area (Å²) in [4.78, 5) is 11.9. The number of aromatic nitrogens is 2. The van der Waals surface area contributed by atoms with Crippen LogP contribution in [0.25, 0.3) is 10.4 Å². The van der Waals surface area contributed by atoms with Gasteiger partial charge >= 0.3 is 0 Å². The summed E-state index contributed by atoms with van der Waals surface area (Å²) in [6, 6.07) is 2.23. The molecule has 0 bridgehead atoms. The van der Waals surface area contributed by atoms with Gasteiger partial charge in [-0.25, -0.2) is 9.97 Å². The maximum atomic E-state index is 9.55. The normalized spacial score (nSPS) is 18.5. The summed E-state index contributed by atoms with van der Waals surface area (Å²) in [7, 11) is 3.92. The van der Waals surface area contributed by atoms with Gasteiger partial charge in [0, 0.05) is 31.8 Å². The first-order valence-corrected chi connectivity index (χ1v) is 8.41. The Morgan fingerprint density at radius 1 is 1.43 bits per heavy atom. The van der Waals surface area contributed by atoms with E-state index in [0.29, 0.717) is 17.3 Å². The highest BCUT2D eigenvalue weighted by atomic mass is 32.1. The first-order valence-electron chi connectivity index (χ1n) is 7.60. The summed E-state index contributed by atoms with van der Waals surface area (Å²) >= 11 is 1.57. The van der Waals surface area contributed by atoms with Gasteiger partial charge in [-0.05, 0) is 24.3 Å². The molecule has 2 heterocycles. The van der Waals surface area contributed by atoms with E-state index in [1.165, 1.54) is 0 Å². The molecular weight excluding hydrogens is 306 g/mol. The van der Waals surface area contributed by atoms with Crippen molar-refractivity contribution in [1.29, 1.82) is 5.26 Å². The average Bonchev–Trinajstić information content (AvgIpc) is 2.89. The minimum absolute atomic E-state index is 0.262. The zero-order valence-corrected chi connectivity index (χ0v) is 15.0. The van der Waals surface area contributed by atoms with Crippen molar-refractivity contribution in [3.8, 4) is 16.5 Å². The molecule has 2 aromatic rings. The van der Waals surface area contributed by atoms with Crippen molar-refractivity contribution in [2.75, 3.05) is 24.7 Å². The molecule has 1 aliphatic carbocycles. The van der Waals surface area contributed by atoms with Crippen molar-refractivity contribution >= 4 is 22.3 Å². The van der Waals surface area contributed by atoms with Crippen LogP contribution in [0.4, 0.5) is 10.9 Å². The predicted octanol–water partition coefficient (Wildman–Crippen LogP) is 3.55. The maximum absolute atomic E-state index is 9.55. The minimum Gasteiger partial charge on any atom is -0.383 e. The molecule has 0 unspecified atom stereocenters. The lowest BCUT2D eigenvalue weighted by Crippen LogP contribution is -2.07. The first kappa shape index (κ1) is 15.8. The highest BCUT2D eigenvalue weighted by molar-refractivity contribution is 7.18. The van der Waals surface area contributed by atoms with Crippen LogP contribution in [0.5, 0.6) is 0 Å². The van der Waals surface area contributed by atoms with E-state index < -0.39 is 0 Å². The number of rotatable bonds is 3. The molecule has 0 aromatic carbocycles. The fraction of sp³-hybridized carbons (Fsp3) is 0.471. The summed E-state index contributed by atoms with van der Waals surface area (Å²) in [5.74, 6) is 0.739. The van der Waals surface area contributed by atoms with Crippen LogP contribution in [0.15, 0.2) is 6.20 Å².